The molecule has 29 heavy (non-hydrogen) atoms. The van der Waals surface area contributed by atoms with Gasteiger partial charge in [-0.05, 0) is 0 Å². The fraction of sp³-hybridized carbons (Fsp3) is 0.333. The monoisotopic (exact) mass is 448 g/mol. The van der Waals surface area contributed by atoms with Crippen LogP contribution in [0.1, 0.15) is 28.9 Å². The lowest BCUT2D eigenvalue weighted by Crippen LogP contribution is -2.22. The molecule has 0 radical (unpaired) electrons. The fourth-order valence-electron chi connectivity index (χ4n) is 2.25. The van der Waals surface area contributed by atoms with Crippen LogP contribution in [0.2, 0.25) is 0 Å². The van der Waals surface area contributed by atoms with Crippen molar-refractivity contribution in [2.75, 3.05) is 25.6 Å². The number of nitrogens with one attached hydrogen (secondary N) is 1. The van der Waals surface area contributed by atoms with Crippen LogP contribution < -0.4 is 19.9 Å². The molecule has 2 aromatic heterocycles. The van der Waals surface area contributed by atoms with Crippen LogP contribution in [0.25, 0.3) is 0 Å². The van der Waals surface area contributed by atoms with Crippen LogP contribution in [0.3, 0.4) is 0 Å². The minimum Gasteiger partial charge on any atom is -0.481 e. The van der Waals surface area contributed by atoms with E-state index in [1.54, 1.807) is 0 Å². The summed E-state index contributed by atoms with van der Waals surface area (Å²) in [5.74, 6) is -2.25. The lowest BCUT2D eigenvalue weighted by molar-refractivity contribution is -0.147. The Kier molecular flexibility index (Phi) is 6.92. The lowest BCUT2D eigenvalue weighted by atomic mass is 10.1. The SMILES string of the molecule is COc1cc(OC)nc(NS(=O)(=O)c2scc(C(N)=O)c2C(CF)OC(C)=O)n1. The van der Waals surface area contributed by atoms with Crippen LogP contribution in [0.5, 0.6) is 11.8 Å². The van der Waals surface area contributed by atoms with Crippen molar-refractivity contribution in [2.45, 2.75) is 17.2 Å². The highest BCUT2D eigenvalue weighted by Gasteiger charge is 2.33. The minimum absolute atomic E-state index is 0.0142. The summed E-state index contributed by atoms with van der Waals surface area (Å²) >= 11 is 0.594. The number of carbonyl (C=O) groups is 2. The predicted octanol–water partition coefficient (Wildman–Crippen LogP) is 1.03. The Morgan fingerprint density at radius 3 is 2.31 bits per heavy atom. The van der Waals surface area contributed by atoms with Gasteiger partial charge in [0.15, 0.2) is 6.10 Å². The predicted molar refractivity (Wildman–Crippen MR) is 99.3 cm³/mol. The van der Waals surface area contributed by atoms with Gasteiger partial charge in [0.2, 0.25) is 23.6 Å². The van der Waals surface area contributed by atoms with E-state index in [9.17, 15) is 22.4 Å². The number of thiophene rings is 1. The summed E-state index contributed by atoms with van der Waals surface area (Å²) < 4.78 is 55.6. The number of alkyl halides is 1. The van der Waals surface area contributed by atoms with Crippen molar-refractivity contribution in [2.24, 2.45) is 5.73 Å². The van der Waals surface area contributed by atoms with Gasteiger partial charge >= 0.3 is 5.97 Å². The number of rotatable bonds is 9. The molecule has 0 aliphatic rings. The van der Waals surface area contributed by atoms with Gasteiger partial charge in [-0.1, -0.05) is 0 Å². The first kappa shape index (κ1) is 22.3. The van der Waals surface area contributed by atoms with Gasteiger partial charge in [0.1, 0.15) is 10.9 Å². The maximum absolute atomic E-state index is 13.5. The minimum atomic E-state index is -4.43. The number of sulfonamides is 1. The molecule has 1 amide bonds. The Bertz CT molecular complexity index is 1000. The first-order valence-electron chi connectivity index (χ1n) is 7.77. The molecule has 0 aliphatic heterocycles. The largest absolute Gasteiger partial charge is 0.481 e. The van der Waals surface area contributed by atoms with Gasteiger partial charge in [0.25, 0.3) is 10.0 Å². The number of nitrogens with two attached hydrogens (primary N) is 1. The summed E-state index contributed by atoms with van der Waals surface area (Å²) in [7, 11) is -1.82. The second kappa shape index (κ2) is 9.00. The van der Waals surface area contributed by atoms with Gasteiger partial charge in [0.05, 0.1) is 25.8 Å². The van der Waals surface area contributed by atoms with E-state index < -0.39 is 44.8 Å². The molecule has 0 fully saturated rings. The molecule has 158 valence electrons. The zero-order chi connectivity index (χ0) is 21.8. The molecule has 0 saturated carbocycles. The Morgan fingerprint density at radius 2 is 1.86 bits per heavy atom. The number of halogens is 1. The van der Waals surface area contributed by atoms with E-state index in [1.165, 1.54) is 20.3 Å². The van der Waals surface area contributed by atoms with Crippen LogP contribution in [0.15, 0.2) is 15.7 Å². The summed E-state index contributed by atoms with van der Waals surface area (Å²) in [6.07, 6.45) is -1.64. The first-order chi connectivity index (χ1) is 13.6. The van der Waals surface area contributed by atoms with Crippen molar-refractivity contribution in [3.8, 4) is 11.8 Å². The number of ether oxygens (including phenoxy) is 3. The average molecular weight is 448 g/mol. The van der Waals surface area contributed by atoms with E-state index in [0.29, 0.717) is 11.3 Å². The van der Waals surface area contributed by atoms with Gasteiger partial charge < -0.3 is 19.9 Å². The normalized spacial score (nSPS) is 12.1. The Labute approximate surface area is 169 Å². The Hall–Kier alpha value is -3.00. The van der Waals surface area contributed by atoms with Gasteiger partial charge in [-0.3, -0.25) is 9.59 Å². The number of hydrogen-bond acceptors (Lipinski definition) is 10. The van der Waals surface area contributed by atoms with E-state index in [1.807, 2.05) is 0 Å². The number of primary amides is 1. The van der Waals surface area contributed by atoms with Crippen molar-refractivity contribution in [1.29, 1.82) is 0 Å². The van der Waals surface area contributed by atoms with E-state index in [4.69, 9.17) is 19.9 Å². The number of anilines is 1. The average Bonchev–Trinajstić information content (AvgIpc) is 3.11. The molecule has 2 aromatic rings. The van der Waals surface area contributed by atoms with E-state index in [0.717, 1.165) is 12.3 Å². The summed E-state index contributed by atoms with van der Waals surface area (Å²) in [4.78, 5) is 30.6. The molecule has 0 bridgehead atoms. The van der Waals surface area contributed by atoms with Gasteiger partial charge in [0, 0.05) is 17.9 Å². The number of aromatic nitrogens is 2. The highest BCUT2D eigenvalue weighted by atomic mass is 32.2. The van der Waals surface area contributed by atoms with Crippen LogP contribution >= 0.6 is 11.3 Å². The molecular weight excluding hydrogens is 431 g/mol. The second-order valence-corrected chi connectivity index (χ2v) is 8.11. The quantitative estimate of drug-likeness (QED) is 0.534. The summed E-state index contributed by atoms with van der Waals surface area (Å²) in [6.45, 7) is -0.260. The van der Waals surface area contributed by atoms with Crippen LogP contribution in [-0.4, -0.2) is 51.2 Å². The fourth-order valence-corrected chi connectivity index (χ4v) is 4.81. The molecule has 1 unspecified atom stereocenters. The maximum atomic E-state index is 13.5. The van der Waals surface area contributed by atoms with Crippen molar-refractivity contribution in [3.05, 3.63) is 22.6 Å². The molecule has 0 spiro atoms. The van der Waals surface area contributed by atoms with Crippen molar-refractivity contribution >= 4 is 39.2 Å². The molecule has 0 aliphatic carbocycles. The van der Waals surface area contributed by atoms with Gasteiger partial charge in [-0.25, -0.2) is 17.5 Å². The highest BCUT2D eigenvalue weighted by molar-refractivity contribution is 7.94. The standard InChI is InChI=1S/C15H17FN4O7S2/c1-7(21)27-9(5-16)12-8(13(17)22)6-28-14(12)29(23,24)20-15-18-10(25-2)4-11(19-15)26-3/h4,6,9H,5H2,1-3H3,(H2,17,22)(H,18,19,20). The molecule has 0 aromatic carbocycles. The number of hydrogen-bond donors (Lipinski definition) is 2. The van der Waals surface area contributed by atoms with E-state index in [-0.39, 0.29) is 22.9 Å². The summed E-state index contributed by atoms with van der Waals surface area (Å²) in [5, 5.41) is 1.13. The van der Waals surface area contributed by atoms with Crippen LogP contribution in [0, 0.1) is 0 Å². The smallest absolute Gasteiger partial charge is 0.303 e. The number of esters is 1. The first-order valence-corrected chi connectivity index (χ1v) is 10.1. The molecule has 11 nitrogen and oxygen atoms in total. The number of amides is 1. The van der Waals surface area contributed by atoms with Gasteiger partial charge in [-0.2, -0.15) is 9.97 Å². The van der Waals surface area contributed by atoms with E-state index in [2.05, 4.69) is 14.7 Å². The maximum Gasteiger partial charge on any atom is 0.303 e. The number of methoxy groups -OCH3 is 2. The van der Waals surface area contributed by atoms with E-state index >= 15 is 0 Å². The molecule has 14 heteroatoms. The van der Waals surface area contributed by atoms with Crippen LogP contribution in [0.4, 0.5) is 10.3 Å². The molecule has 0 saturated heterocycles. The topological polar surface area (TPSA) is 160 Å². The third-order valence-corrected chi connectivity index (χ3v) is 6.29. The molecule has 2 rings (SSSR count). The van der Waals surface area contributed by atoms with Crippen molar-refractivity contribution < 1.29 is 36.6 Å². The lowest BCUT2D eigenvalue weighted by Gasteiger charge is -2.16. The Balaban J connectivity index is 2.55. The summed E-state index contributed by atoms with van der Waals surface area (Å²) in [6, 6.07) is 1.32. The van der Waals surface area contributed by atoms with Crippen molar-refractivity contribution in [1.82, 2.24) is 9.97 Å². The molecule has 2 heterocycles. The Morgan fingerprint density at radius 1 is 1.28 bits per heavy atom. The summed E-state index contributed by atoms with van der Waals surface area (Å²) in [5.41, 5.74) is 4.59. The van der Waals surface area contributed by atoms with Crippen LogP contribution in [-0.2, 0) is 19.6 Å². The third-order valence-electron chi connectivity index (χ3n) is 3.40. The van der Waals surface area contributed by atoms with Gasteiger partial charge in [-0.15, -0.1) is 11.3 Å². The molecule has 3 N–H and O–H groups in total. The number of carbonyl (C=O) groups excluding carboxylic acids is 2. The number of nitrogens with zero attached hydrogens (tertiary/aromatic N) is 2. The van der Waals surface area contributed by atoms with Crippen molar-refractivity contribution in [3.63, 3.8) is 0 Å². The zero-order valence-electron chi connectivity index (χ0n) is 15.5. The second-order valence-electron chi connectivity index (χ2n) is 5.35. The zero-order valence-corrected chi connectivity index (χ0v) is 17.1. The highest BCUT2D eigenvalue weighted by Crippen LogP contribution is 2.35. The molecule has 1 atom stereocenters. The third kappa shape index (κ3) is 5.08. The molecular formula is C15H17FN4O7S2.